The molecule has 3 rings (SSSR count). The van der Waals surface area contributed by atoms with Crippen LogP contribution in [0.1, 0.15) is 54.9 Å². The topological polar surface area (TPSA) is 69.2 Å². The number of rotatable bonds is 1. The molecule has 0 spiro atoms. The van der Waals surface area contributed by atoms with Crippen LogP contribution in [-0.2, 0) is 5.51 Å². The molecule has 1 aliphatic carbocycles. The fourth-order valence-electron chi connectivity index (χ4n) is 3.41. The minimum absolute atomic E-state index is 0.116. The first-order valence-electron chi connectivity index (χ1n) is 8.06. The Labute approximate surface area is 152 Å². The molecule has 0 N–H and O–H groups in total. The highest BCUT2D eigenvalue weighted by Crippen LogP contribution is 2.54. The predicted molar refractivity (Wildman–Crippen MR) is 82.9 cm³/mol. The van der Waals surface area contributed by atoms with E-state index in [1.807, 2.05) is 19.1 Å². The monoisotopic (exact) mass is 440 g/mol. The smallest absolute Gasteiger partial charge is 0.405 e. The SMILES string of the molecule is Cc1ccc2c(c1)cc(C1CCCCCC1)[s+]2C(F)(F)F.[O-][Br+2]([O-])[O-]. The predicted octanol–water partition coefficient (Wildman–Crippen LogP) is 3.24. The Hall–Kier alpha value is -0.670. The van der Waals surface area contributed by atoms with E-state index in [0.717, 1.165) is 49.5 Å². The molecule has 1 heterocycles. The van der Waals surface area contributed by atoms with Crippen LogP contribution in [0.3, 0.4) is 0 Å². The summed E-state index contributed by atoms with van der Waals surface area (Å²) >= 11 is -3.65. The van der Waals surface area contributed by atoms with Crippen molar-refractivity contribution in [2.45, 2.75) is 56.9 Å². The third kappa shape index (κ3) is 5.65. The molecule has 2 aromatic rings. The van der Waals surface area contributed by atoms with Crippen LogP contribution in [-0.4, -0.2) is 0 Å². The summed E-state index contributed by atoms with van der Waals surface area (Å²) in [6.45, 7) is 1.93. The van der Waals surface area contributed by atoms with Gasteiger partial charge in [-0.2, -0.15) is 0 Å². The van der Waals surface area contributed by atoms with Crippen molar-refractivity contribution in [3.8, 4) is 0 Å². The summed E-state index contributed by atoms with van der Waals surface area (Å²) in [4.78, 5) is 0.644. The van der Waals surface area contributed by atoms with Crippen molar-refractivity contribution in [3.05, 3.63) is 34.7 Å². The zero-order valence-corrected chi connectivity index (χ0v) is 16.2. The van der Waals surface area contributed by atoms with Crippen LogP contribution in [0.15, 0.2) is 24.3 Å². The van der Waals surface area contributed by atoms with Gasteiger partial charge in [-0.3, -0.25) is 0 Å². The van der Waals surface area contributed by atoms with E-state index in [0.29, 0.717) is 9.58 Å². The lowest BCUT2D eigenvalue weighted by atomic mass is 9.98. The molecular formula is C17H20BrF3O3S. The summed E-state index contributed by atoms with van der Waals surface area (Å²) in [6.07, 6.45) is 6.28. The zero-order valence-electron chi connectivity index (χ0n) is 13.8. The molecule has 1 aromatic carbocycles. The van der Waals surface area contributed by atoms with Crippen LogP contribution in [0.2, 0.25) is 0 Å². The van der Waals surface area contributed by atoms with E-state index < -0.39 is 30.8 Å². The van der Waals surface area contributed by atoms with Crippen LogP contribution in [0.25, 0.3) is 10.1 Å². The molecule has 0 amide bonds. The van der Waals surface area contributed by atoms with Crippen molar-refractivity contribution < 1.29 is 40.6 Å². The van der Waals surface area contributed by atoms with Gasteiger partial charge in [0.15, 0.2) is 9.58 Å². The molecule has 1 aliphatic rings. The van der Waals surface area contributed by atoms with Crippen molar-refractivity contribution >= 4 is 20.6 Å². The second kappa shape index (κ2) is 8.81. The zero-order chi connectivity index (χ0) is 18.6. The van der Waals surface area contributed by atoms with Gasteiger partial charge in [-0.15, -0.1) is 13.2 Å². The Morgan fingerprint density at radius 2 is 1.56 bits per heavy atom. The first-order chi connectivity index (χ1) is 11.7. The second-order valence-corrected chi connectivity index (χ2v) is 9.00. The Bertz CT molecular complexity index is 689. The summed E-state index contributed by atoms with van der Waals surface area (Å²) < 4.78 is 66.9. The van der Waals surface area contributed by atoms with Crippen molar-refractivity contribution in [1.29, 1.82) is 0 Å². The number of alkyl halides is 3. The van der Waals surface area contributed by atoms with Crippen molar-refractivity contribution in [3.63, 3.8) is 0 Å². The fourth-order valence-corrected chi connectivity index (χ4v) is 5.55. The van der Waals surface area contributed by atoms with E-state index >= 15 is 0 Å². The normalized spacial score (nSPS) is 17.4. The van der Waals surface area contributed by atoms with Gasteiger partial charge in [0.05, 0.1) is 10.5 Å². The molecule has 1 atom stereocenters. The van der Waals surface area contributed by atoms with Crippen molar-refractivity contribution in [2.75, 3.05) is 0 Å². The third-order valence-electron chi connectivity index (χ3n) is 4.41. The number of aryl methyl sites for hydroxylation is 1. The highest BCUT2D eigenvalue weighted by Gasteiger charge is 2.49. The number of thiophene rings is 1. The van der Waals surface area contributed by atoms with Gasteiger partial charge in [0.2, 0.25) is 14.8 Å². The van der Waals surface area contributed by atoms with Crippen LogP contribution < -0.4 is 12.6 Å². The summed E-state index contributed by atoms with van der Waals surface area (Å²) in [5.74, 6) is 0.116. The molecule has 1 saturated carbocycles. The van der Waals surface area contributed by atoms with E-state index in [1.165, 1.54) is 0 Å². The lowest BCUT2D eigenvalue weighted by molar-refractivity contribution is -1.73. The molecule has 1 aromatic heterocycles. The quantitative estimate of drug-likeness (QED) is 0.504. The number of halogens is 4. The Morgan fingerprint density at radius 3 is 2.08 bits per heavy atom. The van der Waals surface area contributed by atoms with Gasteiger partial charge >= 0.3 is 5.51 Å². The van der Waals surface area contributed by atoms with Gasteiger partial charge in [0.25, 0.3) is 0 Å². The first-order valence-corrected chi connectivity index (χ1v) is 11.2. The molecule has 1 unspecified atom stereocenters. The molecule has 140 valence electrons. The number of fused-ring (bicyclic) bond motifs is 1. The van der Waals surface area contributed by atoms with Crippen LogP contribution in [0.5, 0.6) is 0 Å². The van der Waals surface area contributed by atoms with Crippen molar-refractivity contribution in [2.24, 2.45) is 0 Å². The van der Waals surface area contributed by atoms with E-state index in [9.17, 15) is 13.2 Å². The summed E-state index contributed by atoms with van der Waals surface area (Å²) in [6, 6.07) is 7.22. The summed E-state index contributed by atoms with van der Waals surface area (Å²) in [5.41, 5.74) is -3.13. The van der Waals surface area contributed by atoms with Crippen LogP contribution in [0, 0.1) is 21.7 Å². The molecule has 1 fully saturated rings. The summed E-state index contributed by atoms with van der Waals surface area (Å²) in [5, 5.41) is 0.787. The highest BCUT2D eigenvalue weighted by molar-refractivity contribution is 7.38. The average Bonchev–Trinajstić information content (AvgIpc) is 2.67. The first kappa shape index (κ1) is 20.6. The van der Waals surface area contributed by atoms with Gasteiger partial charge in [0, 0.05) is 17.4 Å². The standard InChI is InChI=1S/C17H20F3S.BrO3/c1-12-8-9-15-14(10-12)11-16(21(15)17(18,19)20)13-6-4-2-3-5-7-13;2-1(3)4/h8-11,13H,2-7H2,1H3;/q+1;-1. The molecule has 8 heteroatoms. The number of hydrogen-bond donors (Lipinski definition) is 0. The summed E-state index contributed by atoms with van der Waals surface area (Å²) in [7, 11) is -1.71. The number of hydrogen-bond acceptors (Lipinski definition) is 3. The van der Waals surface area contributed by atoms with E-state index in [1.54, 1.807) is 12.1 Å². The van der Waals surface area contributed by atoms with Crippen LogP contribution >= 0.6 is 10.5 Å². The molecule has 0 saturated heterocycles. The average molecular weight is 441 g/mol. The minimum Gasteiger partial charge on any atom is -0.405 e. The number of benzene rings is 1. The Balaban J connectivity index is 0.000000511. The second-order valence-electron chi connectivity index (χ2n) is 6.22. The molecule has 0 radical (unpaired) electrons. The van der Waals surface area contributed by atoms with Gasteiger partial charge in [-0.25, -0.2) is 0 Å². The highest BCUT2D eigenvalue weighted by atomic mass is 80.0. The third-order valence-corrected chi connectivity index (χ3v) is 6.60. The fraction of sp³-hybridized carbons (Fsp3) is 0.529. The lowest BCUT2D eigenvalue weighted by Crippen LogP contribution is -2.42. The molecule has 25 heavy (non-hydrogen) atoms. The lowest BCUT2D eigenvalue weighted by Gasteiger charge is -2.10. The molecular weight excluding hydrogens is 421 g/mol. The maximum absolute atomic E-state index is 13.6. The largest absolute Gasteiger partial charge is 0.600 e. The Kier molecular flexibility index (Phi) is 7.28. The Morgan fingerprint density at radius 1 is 1.00 bits per heavy atom. The maximum atomic E-state index is 13.6. The van der Waals surface area contributed by atoms with E-state index in [2.05, 4.69) is 0 Å². The van der Waals surface area contributed by atoms with Gasteiger partial charge in [-0.05, 0) is 31.9 Å². The van der Waals surface area contributed by atoms with Crippen LogP contribution in [0.4, 0.5) is 13.2 Å². The molecule has 3 nitrogen and oxygen atoms in total. The molecule has 0 aliphatic heterocycles. The van der Waals surface area contributed by atoms with Gasteiger partial charge < -0.3 is 12.6 Å². The molecule has 0 bridgehead atoms. The maximum Gasteiger partial charge on any atom is 0.600 e. The van der Waals surface area contributed by atoms with Gasteiger partial charge in [0.1, 0.15) is 0 Å². The minimum atomic E-state index is -4.15. The van der Waals surface area contributed by atoms with E-state index in [-0.39, 0.29) is 5.92 Å². The van der Waals surface area contributed by atoms with E-state index in [4.69, 9.17) is 12.6 Å². The van der Waals surface area contributed by atoms with Gasteiger partial charge in [-0.1, -0.05) is 37.3 Å². The van der Waals surface area contributed by atoms with Crippen molar-refractivity contribution in [1.82, 2.24) is 0 Å².